The van der Waals surface area contributed by atoms with E-state index in [9.17, 15) is 19.2 Å². The van der Waals surface area contributed by atoms with Crippen LogP contribution in [-0.2, 0) is 20.7 Å². The van der Waals surface area contributed by atoms with Gasteiger partial charge < -0.3 is 9.64 Å². The second-order valence-electron chi connectivity index (χ2n) is 9.06. The highest BCUT2D eigenvalue weighted by atomic mass is 16.5. The summed E-state index contributed by atoms with van der Waals surface area (Å²) in [4.78, 5) is 55.5. The average Bonchev–Trinajstić information content (AvgIpc) is 3.21. The highest BCUT2D eigenvalue weighted by Gasteiger charge is 2.45. The van der Waals surface area contributed by atoms with Gasteiger partial charge in [-0.25, -0.2) is 4.79 Å². The van der Waals surface area contributed by atoms with Crippen molar-refractivity contribution in [3.63, 3.8) is 0 Å². The summed E-state index contributed by atoms with van der Waals surface area (Å²) in [7, 11) is 1.28. The van der Waals surface area contributed by atoms with Crippen LogP contribution in [-0.4, -0.2) is 52.7 Å². The second kappa shape index (κ2) is 10.2. The summed E-state index contributed by atoms with van der Waals surface area (Å²) in [5.41, 5.74) is 3.39. The fraction of sp³-hybridized carbons (Fsp3) is 0.200. The first kappa shape index (κ1) is 24.2. The molecule has 0 N–H and O–H groups in total. The van der Waals surface area contributed by atoms with Gasteiger partial charge in [0.1, 0.15) is 12.1 Å². The molecule has 7 heteroatoms. The molecule has 2 atom stereocenters. The minimum absolute atomic E-state index is 0.109. The molecule has 3 aromatic carbocycles. The number of hydrogen-bond acceptors (Lipinski definition) is 5. The Bertz CT molecular complexity index is 1350. The van der Waals surface area contributed by atoms with Crippen LogP contribution in [0, 0.1) is 0 Å². The Hall–Kier alpha value is -4.52. The van der Waals surface area contributed by atoms with Crippen LogP contribution in [0.3, 0.4) is 0 Å². The fourth-order valence-electron chi connectivity index (χ4n) is 4.92. The Morgan fingerprint density at radius 1 is 0.865 bits per heavy atom. The molecular weight excluding hydrogens is 468 g/mol. The summed E-state index contributed by atoms with van der Waals surface area (Å²) in [6, 6.07) is 22.2. The van der Waals surface area contributed by atoms with Crippen LogP contribution in [0.2, 0.25) is 0 Å². The standard InChI is InChI=1S/C30H26N2O5/c1-37-30(36)25-13-7-8-18-31(25)29(35)26(32-27(33)23-11-5-6-12-24(23)28(32)34)19-20-14-16-22(17-15-20)21-9-3-2-4-10-21/h2-6,8-12,14-18,25-26H,7,13,19H2,1H3/t25-,26?/m0/s1. The summed E-state index contributed by atoms with van der Waals surface area (Å²) in [6.45, 7) is 0. The summed E-state index contributed by atoms with van der Waals surface area (Å²) in [5.74, 6) is -2.08. The van der Waals surface area contributed by atoms with E-state index in [2.05, 4.69) is 0 Å². The van der Waals surface area contributed by atoms with Gasteiger partial charge in [0.05, 0.1) is 18.2 Å². The molecule has 2 heterocycles. The molecule has 0 aromatic heterocycles. The highest BCUT2D eigenvalue weighted by Crippen LogP contribution is 2.29. The molecule has 37 heavy (non-hydrogen) atoms. The second-order valence-corrected chi connectivity index (χ2v) is 9.06. The van der Waals surface area contributed by atoms with Crippen molar-refractivity contribution in [2.45, 2.75) is 31.3 Å². The predicted molar refractivity (Wildman–Crippen MR) is 137 cm³/mol. The van der Waals surface area contributed by atoms with Crippen molar-refractivity contribution in [2.75, 3.05) is 7.11 Å². The lowest BCUT2D eigenvalue weighted by Crippen LogP contribution is -2.55. The quantitative estimate of drug-likeness (QED) is 0.378. The third-order valence-corrected chi connectivity index (χ3v) is 6.85. The Kier molecular flexibility index (Phi) is 6.68. The average molecular weight is 495 g/mol. The number of benzene rings is 3. The third-order valence-electron chi connectivity index (χ3n) is 6.85. The van der Waals surface area contributed by atoms with Gasteiger partial charge in [0.25, 0.3) is 17.7 Å². The maximum Gasteiger partial charge on any atom is 0.328 e. The first-order chi connectivity index (χ1) is 18.0. The number of fused-ring (bicyclic) bond motifs is 1. The van der Waals surface area contributed by atoms with Gasteiger partial charge in [-0.15, -0.1) is 0 Å². The van der Waals surface area contributed by atoms with Gasteiger partial charge in [-0.1, -0.05) is 72.8 Å². The van der Waals surface area contributed by atoms with Crippen molar-refractivity contribution in [1.29, 1.82) is 0 Å². The molecule has 5 rings (SSSR count). The molecule has 2 aliphatic rings. The molecule has 1 unspecified atom stereocenters. The molecular formula is C30H26N2O5. The molecule has 7 nitrogen and oxygen atoms in total. The van der Waals surface area contributed by atoms with Gasteiger partial charge in [-0.3, -0.25) is 19.3 Å². The van der Waals surface area contributed by atoms with Crippen LogP contribution >= 0.6 is 0 Å². The van der Waals surface area contributed by atoms with Crippen molar-refractivity contribution in [3.05, 3.63) is 108 Å². The number of amides is 3. The minimum Gasteiger partial charge on any atom is -0.467 e. The lowest BCUT2D eigenvalue weighted by atomic mass is 9.98. The Labute approximate surface area is 215 Å². The van der Waals surface area contributed by atoms with E-state index in [1.165, 1.54) is 12.0 Å². The molecule has 3 amide bonds. The van der Waals surface area contributed by atoms with Gasteiger partial charge in [0.15, 0.2) is 0 Å². The monoisotopic (exact) mass is 494 g/mol. The van der Waals surface area contributed by atoms with Crippen LogP contribution in [0.5, 0.6) is 0 Å². The Morgan fingerprint density at radius 3 is 2.08 bits per heavy atom. The number of carbonyl (C=O) groups excluding carboxylic acids is 4. The van der Waals surface area contributed by atoms with E-state index in [1.54, 1.807) is 36.5 Å². The van der Waals surface area contributed by atoms with E-state index in [0.29, 0.717) is 12.8 Å². The van der Waals surface area contributed by atoms with E-state index in [1.807, 2.05) is 54.6 Å². The zero-order valence-corrected chi connectivity index (χ0v) is 20.4. The van der Waals surface area contributed by atoms with E-state index in [0.717, 1.165) is 21.6 Å². The number of methoxy groups -OCH3 is 1. The zero-order valence-electron chi connectivity index (χ0n) is 20.4. The van der Waals surface area contributed by atoms with Crippen molar-refractivity contribution in [2.24, 2.45) is 0 Å². The molecule has 0 saturated heterocycles. The smallest absolute Gasteiger partial charge is 0.328 e. The molecule has 2 aliphatic heterocycles. The Balaban J connectivity index is 1.50. The summed E-state index contributed by atoms with van der Waals surface area (Å²) < 4.78 is 4.93. The van der Waals surface area contributed by atoms with Crippen LogP contribution in [0.1, 0.15) is 39.1 Å². The van der Waals surface area contributed by atoms with Crippen LogP contribution in [0.4, 0.5) is 0 Å². The number of rotatable bonds is 6. The first-order valence-corrected chi connectivity index (χ1v) is 12.2. The van der Waals surface area contributed by atoms with Gasteiger partial charge >= 0.3 is 5.97 Å². The Morgan fingerprint density at radius 2 is 1.46 bits per heavy atom. The predicted octanol–water partition coefficient (Wildman–Crippen LogP) is 4.24. The zero-order chi connectivity index (χ0) is 25.9. The van der Waals surface area contributed by atoms with Crippen LogP contribution in [0.15, 0.2) is 91.1 Å². The fourth-order valence-corrected chi connectivity index (χ4v) is 4.92. The number of ether oxygens (including phenoxy) is 1. The van der Waals surface area contributed by atoms with Crippen molar-refractivity contribution < 1.29 is 23.9 Å². The first-order valence-electron chi connectivity index (χ1n) is 12.2. The van der Waals surface area contributed by atoms with Gasteiger partial charge in [0.2, 0.25) is 0 Å². The largest absolute Gasteiger partial charge is 0.467 e. The number of allylic oxidation sites excluding steroid dienone is 1. The normalized spacial score (nSPS) is 17.5. The number of carbonyl (C=O) groups is 4. The number of nitrogens with zero attached hydrogens (tertiary/aromatic N) is 2. The summed E-state index contributed by atoms with van der Waals surface area (Å²) >= 11 is 0. The third kappa shape index (κ3) is 4.56. The van der Waals surface area contributed by atoms with Crippen molar-refractivity contribution >= 4 is 23.7 Å². The van der Waals surface area contributed by atoms with E-state index >= 15 is 0 Å². The summed E-state index contributed by atoms with van der Waals surface area (Å²) in [6.07, 6.45) is 4.47. The van der Waals surface area contributed by atoms with Crippen LogP contribution in [0.25, 0.3) is 11.1 Å². The van der Waals surface area contributed by atoms with E-state index in [4.69, 9.17) is 4.74 Å². The lowest BCUT2D eigenvalue weighted by Gasteiger charge is -2.35. The maximum absolute atomic E-state index is 14.0. The van der Waals surface area contributed by atoms with Crippen molar-refractivity contribution in [1.82, 2.24) is 9.80 Å². The van der Waals surface area contributed by atoms with Crippen molar-refractivity contribution in [3.8, 4) is 11.1 Å². The number of hydrogen-bond donors (Lipinski definition) is 0. The molecule has 0 spiro atoms. The molecule has 3 aromatic rings. The lowest BCUT2D eigenvalue weighted by molar-refractivity contribution is -0.152. The molecule has 0 saturated carbocycles. The van der Waals surface area contributed by atoms with Gasteiger partial charge in [-0.2, -0.15) is 0 Å². The number of esters is 1. The molecule has 0 aliphatic carbocycles. The molecule has 0 fully saturated rings. The topological polar surface area (TPSA) is 84.0 Å². The highest BCUT2D eigenvalue weighted by molar-refractivity contribution is 6.23. The number of imide groups is 1. The molecule has 0 bridgehead atoms. The molecule has 186 valence electrons. The molecule has 0 radical (unpaired) electrons. The SMILES string of the molecule is COC(=O)[C@@H]1CCC=CN1C(=O)C(Cc1ccc(-c2ccccc2)cc1)N1C(=O)c2ccccc2C1=O. The van der Waals surface area contributed by atoms with E-state index in [-0.39, 0.29) is 17.5 Å². The summed E-state index contributed by atoms with van der Waals surface area (Å²) in [5, 5.41) is 0. The van der Waals surface area contributed by atoms with E-state index < -0.39 is 35.8 Å². The maximum atomic E-state index is 14.0. The van der Waals surface area contributed by atoms with Gasteiger partial charge in [0, 0.05) is 12.6 Å². The van der Waals surface area contributed by atoms with Gasteiger partial charge in [-0.05, 0) is 41.7 Å². The van der Waals surface area contributed by atoms with Crippen LogP contribution < -0.4 is 0 Å². The minimum atomic E-state index is -1.13.